The summed E-state index contributed by atoms with van der Waals surface area (Å²) in [6, 6.07) is 0.877. The molecule has 7 nitrogen and oxygen atoms in total. The number of carboxylic acids is 1. The molecule has 0 aromatic rings. The van der Waals surface area contributed by atoms with Crippen LogP contribution in [0.25, 0.3) is 0 Å². The molecule has 0 rings (SSSR count). The summed E-state index contributed by atoms with van der Waals surface area (Å²) in [7, 11) is 2.60. The minimum Gasteiger partial charge on any atom is -0.481 e. The molecule has 0 amide bonds. The average molecular weight is 393 g/mol. The van der Waals surface area contributed by atoms with Crippen molar-refractivity contribution in [3.05, 3.63) is 12.8 Å². The molecule has 0 aromatic carbocycles. The van der Waals surface area contributed by atoms with E-state index in [2.05, 4.69) is 11.3 Å². The van der Waals surface area contributed by atoms with E-state index in [1.807, 2.05) is 0 Å². The highest BCUT2D eigenvalue weighted by atomic mass is 28.4. The first-order valence-electron chi connectivity index (χ1n) is 9.02. The number of esters is 1. The molecule has 1 N–H and O–H groups in total. The van der Waals surface area contributed by atoms with Crippen LogP contribution in [0.3, 0.4) is 0 Å². The fraction of sp³-hybridized carbons (Fsp3) is 0.778. The van der Waals surface area contributed by atoms with Crippen LogP contribution in [0, 0.1) is 0 Å². The SMILES string of the molecule is C=COC(=O)CCCCCCCCCC[Si](OC)(OC)OC.CC(=O)O. The Hall–Kier alpha value is -1.22. The fourth-order valence-electron chi connectivity index (χ4n) is 2.38. The van der Waals surface area contributed by atoms with Crippen LogP contribution in [-0.4, -0.2) is 47.2 Å². The molecule has 0 fully saturated rings. The Morgan fingerprint density at radius 1 is 0.885 bits per heavy atom. The summed E-state index contributed by atoms with van der Waals surface area (Å²) in [6.45, 7) is 4.44. The Balaban J connectivity index is 0. The molecule has 0 atom stereocenters. The number of aliphatic carboxylic acids is 1. The zero-order chi connectivity index (χ0) is 20.3. The summed E-state index contributed by atoms with van der Waals surface area (Å²) < 4.78 is 20.9. The molecule has 0 heterocycles. The van der Waals surface area contributed by atoms with E-state index in [1.54, 1.807) is 21.3 Å². The van der Waals surface area contributed by atoms with Crippen molar-refractivity contribution in [2.24, 2.45) is 0 Å². The molecule has 0 saturated carbocycles. The zero-order valence-electron chi connectivity index (χ0n) is 16.8. The summed E-state index contributed by atoms with van der Waals surface area (Å²) in [5.74, 6) is -1.02. The summed E-state index contributed by atoms with van der Waals surface area (Å²) in [4.78, 5) is 20.1. The molecule has 0 aliphatic carbocycles. The number of carbonyl (C=O) groups is 2. The fourth-order valence-corrected chi connectivity index (χ4v) is 4.17. The van der Waals surface area contributed by atoms with Crippen LogP contribution < -0.4 is 0 Å². The molecule has 0 unspecified atom stereocenters. The van der Waals surface area contributed by atoms with Gasteiger partial charge in [0.2, 0.25) is 0 Å². The lowest BCUT2D eigenvalue weighted by molar-refractivity contribution is -0.138. The van der Waals surface area contributed by atoms with Gasteiger partial charge >= 0.3 is 14.8 Å². The third kappa shape index (κ3) is 17.6. The van der Waals surface area contributed by atoms with E-state index in [-0.39, 0.29) is 5.97 Å². The Morgan fingerprint density at radius 2 is 1.27 bits per heavy atom. The Labute approximate surface area is 159 Å². The predicted octanol–water partition coefficient (Wildman–Crippen LogP) is 4.15. The molecule has 154 valence electrons. The van der Waals surface area contributed by atoms with Gasteiger partial charge < -0.3 is 23.1 Å². The van der Waals surface area contributed by atoms with Crippen LogP contribution in [0.15, 0.2) is 12.8 Å². The van der Waals surface area contributed by atoms with Gasteiger partial charge in [0.25, 0.3) is 5.97 Å². The normalized spacial score (nSPS) is 10.6. The standard InChI is InChI=1S/C16H32O5Si.C2H4O2/c1-5-21-16(17)14-12-10-8-6-7-9-11-13-15-22(18-2,19-3)20-4;1-2(3)4/h5H,1,6-15H2,2-4H3;1H3,(H,3,4). The Kier molecular flexibility index (Phi) is 19.3. The summed E-state index contributed by atoms with van der Waals surface area (Å²) in [5, 5.41) is 7.42. The van der Waals surface area contributed by atoms with Gasteiger partial charge in [-0.25, -0.2) is 0 Å². The minimum absolute atomic E-state index is 0.183. The minimum atomic E-state index is -2.37. The van der Waals surface area contributed by atoms with E-state index in [4.69, 9.17) is 23.2 Å². The maximum atomic E-state index is 11.1. The van der Waals surface area contributed by atoms with Gasteiger partial charge in [0.05, 0.1) is 6.26 Å². The van der Waals surface area contributed by atoms with E-state index in [0.717, 1.165) is 32.2 Å². The number of carboxylic acid groups (broad SMARTS) is 1. The molecule has 0 aliphatic heterocycles. The molecule has 0 aliphatic rings. The van der Waals surface area contributed by atoms with Crippen LogP contribution in [0.1, 0.15) is 64.7 Å². The van der Waals surface area contributed by atoms with Crippen molar-refractivity contribution in [3.63, 3.8) is 0 Å². The molecular formula is C18H36O7Si. The molecule has 8 heteroatoms. The van der Waals surface area contributed by atoms with Crippen molar-refractivity contribution >= 4 is 20.7 Å². The van der Waals surface area contributed by atoms with Gasteiger partial charge in [0, 0.05) is 40.7 Å². The first kappa shape index (κ1) is 27.0. The van der Waals surface area contributed by atoms with E-state index in [9.17, 15) is 4.79 Å². The zero-order valence-corrected chi connectivity index (χ0v) is 17.8. The van der Waals surface area contributed by atoms with Crippen molar-refractivity contribution in [3.8, 4) is 0 Å². The first-order chi connectivity index (χ1) is 12.4. The average Bonchev–Trinajstić information content (AvgIpc) is 2.60. The quantitative estimate of drug-likeness (QED) is 0.194. The second-order valence-corrected chi connectivity index (χ2v) is 8.89. The van der Waals surface area contributed by atoms with Gasteiger partial charge in [-0.1, -0.05) is 45.1 Å². The van der Waals surface area contributed by atoms with Crippen molar-refractivity contribution < 1.29 is 32.7 Å². The van der Waals surface area contributed by atoms with E-state index >= 15 is 0 Å². The summed E-state index contributed by atoms with van der Waals surface area (Å²) >= 11 is 0. The highest BCUT2D eigenvalue weighted by Gasteiger charge is 2.36. The summed E-state index contributed by atoms with van der Waals surface area (Å²) in [6.07, 6.45) is 10.8. The number of unbranched alkanes of at least 4 members (excludes halogenated alkanes) is 7. The van der Waals surface area contributed by atoms with Crippen LogP contribution in [0.2, 0.25) is 6.04 Å². The number of ether oxygens (including phenoxy) is 1. The predicted molar refractivity (Wildman–Crippen MR) is 103 cm³/mol. The smallest absolute Gasteiger partial charge is 0.481 e. The molecule has 0 aromatic heterocycles. The Morgan fingerprint density at radius 3 is 1.65 bits per heavy atom. The first-order valence-corrected chi connectivity index (χ1v) is 11.0. The van der Waals surface area contributed by atoms with Crippen LogP contribution >= 0.6 is 0 Å². The summed E-state index contributed by atoms with van der Waals surface area (Å²) in [5.41, 5.74) is 0. The highest BCUT2D eigenvalue weighted by molar-refractivity contribution is 6.60. The van der Waals surface area contributed by atoms with E-state index < -0.39 is 14.8 Å². The molecule has 0 bridgehead atoms. The van der Waals surface area contributed by atoms with Gasteiger partial charge in [-0.15, -0.1) is 0 Å². The van der Waals surface area contributed by atoms with Crippen LogP contribution in [0.5, 0.6) is 0 Å². The molecular weight excluding hydrogens is 356 g/mol. The molecule has 0 saturated heterocycles. The van der Waals surface area contributed by atoms with Crippen molar-refractivity contribution in [1.29, 1.82) is 0 Å². The Bertz CT molecular complexity index is 358. The molecule has 0 radical (unpaired) electrons. The van der Waals surface area contributed by atoms with Crippen molar-refractivity contribution in [2.45, 2.75) is 70.8 Å². The van der Waals surface area contributed by atoms with Gasteiger partial charge in [-0.3, -0.25) is 9.59 Å². The number of hydrogen-bond acceptors (Lipinski definition) is 6. The van der Waals surface area contributed by atoms with Gasteiger partial charge in [0.1, 0.15) is 0 Å². The van der Waals surface area contributed by atoms with E-state index in [0.29, 0.717) is 6.42 Å². The lowest BCUT2D eigenvalue weighted by atomic mass is 10.1. The maximum absolute atomic E-state index is 11.1. The highest BCUT2D eigenvalue weighted by Crippen LogP contribution is 2.18. The maximum Gasteiger partial charge on any atom is 0.500 e. The van der Waals surface area contributed by atoms with Crippen molar-refractivity contribution in [1.82, 2.24) is 0 Å². The second kappa shape index (κ2) is 18.6. The van der Waals surface area contributed by atoms with Crippen LogP contribution in [-0.2, 0) is 27.6 Å². The number of rotatable bonds is 15. The third-order valence-electron chi connectivity index (χ3n) is 3.76. The van der Waals surface area contributed by atoms with Crippen molar-refractivity contribution in [2.75, 3.05) is 21.3 Å². The molecule has 26 heavy (non-hydrogen) atoms. The molecule has 0 spiro atoms. The van der Waals surface area contributed by atoms with Gasteiger partial charge in [-0.05, 0) is 12.8 Å². The second-order valence-electron chi connectivity index (χ2n) is 5.80. The number of carbonyl (C=O) groups excluding carboxylic acids is 1. The lowest BCUT2D eigenvalue weighted by Gasteiger charge is -2.24. The largest absolute Gasteiger partial charge is 0.500 e. The van der Waals surface area contributed by atoms with Crippen LogP contribution in [0.4, 0.5) is 0 Å². The monoisotopic (exact) mass is 392 g/mol. The third-order valence-corrected chi connectivity index (χ3v) is 6.59. The van der Waals surface area contributed by atoms with Gasteiger partial charge in [-0.2, -0.15) is 0 Å². The number of hydrogen-bond donors (Lipinski definition) is 1. The lowest BCUT2D eigenvalue weighted by Crippen LogP contribution is -2.42. The van der Waals surface area contributed by atoms with E-state index in [1.165, 1.54) is 38.4 Å². The van der Waals surface area contributed by atoms with Gasteiger partial charge in [0.15, 0.2) is 0 Å². The topological polar surface area (TPSA) is 91.3 Å².